The van der Waals surface area contributed by atoms with Crippen molar-refractivity contribution < 1.29 is 26.0 Å². The van der Waals surface area contributed by atoms with Crippen LogP contribution >= 0.6 is 11.6 Å². The van der Waals surface area contributed by atoms with Crippen LogP contribution in [-0.2, 0) is 20.0 Å². The summed E-state index contributed by atoms with van der Waals surface area (Å²) < 4.78 is 68.2. The summed E-state index contributed by atoms with van der Waals surface area (Å²) in [5, 5.41) is 2.68. The molecule has 1 amide bonds. The van der Waals surface area contributed by atoms with Gasteiger partial charge in [0.15, 0.2) is 0 Å². The van der Waals surface area contributed by atoms with Gasteiger partial charge < -0.3 is 5.32 Å². The van der Waals surface area contributed by atoms with Gasteiger partial charge in [0, 0.05) is 24.5 Å². The summed E-state index contributed by atoms with van der Waals surface area (Å²) in [7, 11) is -7.73. The third-order valence-corrected chi connectivity index (χ3v) is 9.70. The second-order valence-electron chi connectivity index (χ2n) is 8.82. The number of carbonyl (C=O) groups is 1. The van der Waals surface area contributed by atoms with E-state index in [0.717, 1.165) is 25.0 Å². The zero-order valence-corrected chi connectivity index (χ0v) is 22.2. The van der Waals surface area contributed by atoms with Gasteiger partial charge in [0.2, 0.25) is 10.0 Å². The molecule has 12 heteroatoms. The Kier molecular flexibility index (Phi) is 7.88. The highest BCUT2D eigenvalue weighted by molar-refractivity contribution is 7.92. The third-order valence-electron chi connectivity index (χ3n) is 6.08. The van der Waals surface area contributed by atoms with E-state index in [9.17, 15) is 26.0 Å². The van der Waals surface area contributed by atoms with E-state index in [1.165, 1.54) is 58.9 Å². The van der Waals surface area contributed by atoms with Gasteiger partial charge in [-0.05, 0) is 85.5 Å². The van der Waals surface area contributed by atoms with E-state index in [4.69, 9.17) is 11.6 Å². The highest BCUT2D eigenvalue weighted by Crippen LogP contribution is 2.27. The SMILES string of the molecule is CC1CCN(S(=O)(=O)c2ccc(Cl)c(C(=O)Nc3ccc(S(=O)(=O)Nc4ccc(F)cc4)cc3)c2)CC1. The van der Waals surface area contributed by atoms with E-state index in [2.05, 4.69) is 17.0 Å². The number of amides is 1. The maximum atomic E-state index is 13.1. The maximum absolute atomic E-state index is 13.1. The number of carbonyl (C=O) groups excluding carboxylic acids is 1. The fraction of sp³-hybridized carbons (Fsp3) is 0.240. The van der Waals surface area contributed by atoms with Gasteiger partial charge in [0.1, 0.15) is 5.82 Å². The Morgan fingerprint density at radius 2 is 1.46 bits per heavy atom. The third kappa shape index (κ3) is 6.30. The Morgan fingerprint density at radius 1 is 0.892 bits per heavy atom. The van der Waals surface area contributed by atoms with E-state index in [1.54, 1.807) is 0 Å². The molecule has 3 aromatic rings. The quantitative estimate of drug-likeness (QED) is 0.421. The van der Waals surface area contributed by atoms with Crippen LogP contribution in [-0.4, -0.2) is 40.1 Å². The summed E-state index contributed by atoms with van der Waals surface area (Å²) in [6.07, 6.45) is 1.54. The average molecular weight is 566 g/mol. The van der Waals surface area contributed by atoms with Gasteiger partial charge in [-0.1, -0.05) is 18.5 Å². The number of halogens is 2. The lowest BCUT2D eigenvalue weighted by molar-refractivity contribution is 0.102. The first-order valence-corrected chi connectivity index (χ1v) is 14.8. The van der Waals surface area contributed by atoms with Crippen molar-refractivity contribution >= 4 is 48.9 Å². The largest absolute Gasteiger partial charge is 0.322 e. The van der Waals surface area contributed by atoms with Crippen molar-refractivity contribution in [2.45, 2.75) is 29.6 Å². The van der Waals surface area contributed by atoms with Gasteiger partial charge in [0.25, 0.3) is 15.9 Å². The molecular formula is C25H25ClFN3O5S2. The number of hydrogen-bond donors (Lipinski definition) is 2. The first-order valence-electron chi connectivity index (χ1n) is 11.5. The molecule has 0 bridgehead atoms. The molecular weight excluding hydrogens is 541 g/mol. The smallest absolute Gasteiger partial charge is 0.261 e. The molecule has 8 nitrogen and oxygen atoms in total. The van der Waals surface area contributed by atoms with Crippen LogP contribution in [0.25, 0.3) is 0 Å². The number of benzene rings is 3. The average Bonchev–Trinajstić information content (AvgIpc) is 2.86. The number of sulfonamides is 2. The Morgan fingerprint density at radius 3 is 2.08 bits per heavy atom. The second kappa shape index (κ2) is 10.8. The minimum Gasteiger partial charge on any atom is -0.322 e. The standard InChI is InChI=1S/C25H25ClFN3O5S2/c1-17-12-14-30(15-13-17)37(34,35)22-10-11-24(26)23(16-22)25(31)28-19-6-8-21(9-7-19)36(32,33)29-20-4-2-18(27)3-5-20/h2-11,16-17,29H,12-15H2,1H3,(H,28,31). The van der Waals surface area contributed by atoms with Crippen LogP contribution < -0.4 is 10.0 Å². The minimum absolute atomic E-state index is 0.0232. The van der Waals surface area contributed by atoms with E-state index < -0.39 is 31.8 Å². The van der Waals surface area contributed by atoms with Crippen LogP contribution in [0.1, 0.15) is 30.1 Å². The summed E-state index contributed by atoms with van der Waals surface area (Å²) in [6, 6.07) is 14.2. The summed E-state index contributed by atoms with van der Waals surface area (Å²) in [6.45, 7) is 2.91. The molecule has 3 aromatic carbocycles. The molecule has 0 unspecified atom stereocenters. The van der Waals surface area contributed by atoms with Gasteiger partial charge in [-0.25, -0.2) is 21.2 Å². The zero-order valence-electron chi connectivity index (χ0n) is 19.8. The number of nitrogens with zero attached hydrogens (tertiary/aromatic N) is 1. The van der Waals surface area contributed by atoms with Crippen LogP contribution in [0, 0.1) is 11.7 Å². The van der Waals surface area contributed by atoms with Gasteiger partial charge in [0.05, 0.1) is 20.4 Å². The van der Waals surface area contributed by atoms with Crippen LogP contribution in [0.2, 0.25) is 5.02 Å². The van der Waals surface area contributed by atoms with E-state index in [0.29, 0.717) is 19.0 Å². The topological polar surface area (TPSA) is 113 Å². The first kappa shape index (κ1) is 27.1. The van der Waals surface area contributed by atoms with Crippen molar-refractivity contribution in [2.24, 2.45) is 5.92 Å². The highest BCUT2D eigenvalue weighted by Gasteiger charge is 2.29. The zero-order chi connectivity index (χ0) is 26.8. The molecule has 1 aliphatic rings. The van der Waals surface area contributed by atoms with Crippen molar-refractivity contribution in [3.05, 3.63) is 83.1 Å². The maximum Gasteiger partial charge on any atom is 0.261 e. The Labute approximate surface area is 220 Å². The van der Waals surface area contributed by atoms with Crippen molar-refractivity contribution in [2.75, 3.05) is 23.1 Å². The van der Waals surface area contributed by atoms with E-state index >= 15 is 0 Å². The molecule has 0 saturated carbocycles. The summed E-state index contributed by atoms with van der Waals surface area (Å²) in [4.78, 5) is 12.8. The van der Waals surface area contributed by atoms with Gasteiger partial charge in [-0.3, -0.25) is 9.52 Å². The Hall–Kier alpha value is -2.99. The molecule has 196 valence electrons. The van der Waals surface area contributed by atoms with Crippen molar-refractivity contribution in [3.63, 3.8) is 0 Å². The molecule has 1 fully saturated rings. The monoisotopic (exact) mass is 565 g/mol. The summed E-state index contributed by atoms with van der Waals surface area (Å²) >= 11 is 6.20. The molecule has 1 saturated heterocycles. The molecule has 0 spiro atoms. The molecule has 2 N–H and O–H groups in total. The van der Waals surface area contributed by atoms with Crippen LogP contribution in [0.5, 0.6) is 0 Å². The molecule has 0 aromatic heterocycles. The predicted molar refractivity (Wildman–Crippen MR) is 140 cm³/mol. The Bertz CT molecular complexity index is 1500. The number of anilines is 2. The fourth-order valence-corrected chi connectivity index (χ4v) is 6.62. The number of hydrogen-bond acceptors (Lipinski definition) is 5. The normalized spacial score (nSPS) is 15.3. The van der Waals surface area contributed by atoms with Gasteiger partial charge in [-0.15, -0.1) is 0 Å². The summed E-state index contributed by atoms with van der Waals surface area (Å²) in [5.74, 6) is -0.681. The van der Waals surface area contributed by atoms with Gasteiger partial charge >= 0.3 is 0 Å². The molecule has 1 aliphatic heterocycles. The van der Waals surface area contributed by atoms with Crippen LogP contribution in [0.4, 0.5) is 15.8 Å². The number of piperidine rings is 1. The summed E-state index contributed by atoms with van der Waals surface area (Å²) in [5.41, 5.74) is 0.449. The molecule has 4 rings (SSSR count). The molecule has 0 atom stereocenters. The number of rotatable bonds is 7. The molecule has 0 aliphatic carbocycles. The highest BCUT2D eigenvalue weighted by atomic mass is 35.5. The minimum atomic E-state index is -3.94. The second-order valence-corrected chi connectivity index (χ2v) is 12.8. The first-order chi connectivity index (χ1) is 17.5. The Balaban J connectivity index is 1.49. The fourth-order valence-electron chi connectivity index (χ4n) is 3.86. The number of nitrogens with one attached hydrogen (secondary N) is 2. The van der Waals surface area contributed by atoms with Gasteiger partial charge in [-0.2, -0.15) is 4.31 Å². The van der Waals surface area contributed by atoms with Crippen LogP contribution in [0.15, 0.2) is 76.5 Å². The lowest BCUT2D eigenvalue weighted by Crippen LogP contribution is -2.37. The van der Waals surface area contributed by atoms with Crippen molar-refractivity contribution in [1.82, 2.24) is 4.31 Å². The van der Waals surface area contributed by atoms with E-state index in [1.807, 2.05) is 0 Å². The van der Waals surface area contributed by atoms with Crippen molar-refractivity contribution in [1.29, 1.82) is 0 Å². The molecule has 37 heavy (non-hydrogen) atoms. The lowest BCUT2D eigenvalue weighted by atomic mass is 10.0. The lowest BCUT2D eigenvalue weighted by Gasteiger charge is -2.29. The van der Waals surface area contributed by atoms with E-state index in [-0.39, 0.29) is 31.8 Å². The van der Waals surface area contributed by atoms with Crippen molar-refractivity contribution in [3.8, 4) is 0 Å². The predicted octanol–water partition coefficient (Wildman–Crippen LogP) is 4.95. The molecule has 1 heterocycles. The van der Waals surface area contributed by atoms with Crippen LogP contribution in [0.3, 0.4) is 0 Å². The molecule has 0 radical (unpaired) electrons.